The smallest absolute Gasteiger partial charge is 0.408 e. The van der Waals surface area contributed by atoms with Gasteiger partial charge in [-0.05, 0) is 77.0 Å². The maximum Gasteiger partial charge on any atom is 0.408 e. The molecule has 1 rings (SSSR count). The zero-order valence-corrected chi connectivity index (χ0v) is 24.6. The van der Waals surface area contributed by atoms with E-state index in [1.54, 1.807) is 32.9 Å². The average Bonchev–Trinajstić information content (AvgIpc) is 2.81. The third-order valence-electron chi connectivity index (χ3n) is 6.10. The minimum atomic E-state index is -1.17. The van der Waals surface area contributed by atoms with Crippen molar-refractivity contribution < 1.29 is 29.0 Å². The van der Waals surface area contributed by atoms with Gasteiger partial charge in [-0.25, -0.2) is 4.79 Å². The first-order valence-electron chi connectivity index (χ1n) is 13.8. The predicted octanol–water partition coefficient (Wildman–Crippen LogP) is 4.16. The van der Waals surface area contributed by atoms with E-state index in [4.69, 9.17) is 10.5 Å². The predicted molar refractivity (Wildman–Crippen MR) is 151 cm³/mol. The van der Waals surface area contributed by atoms with Crippen LogP contribution in [0.2, 0.25) is 0 Å². The largest absolute Gasteiger partial charge is 0.508 e. The van der Waals surface area contributed by atoms with Crippen molar-refractivity contribution in [2.45, 2.75) is 111 Å². The second kappa shape index (κ2) is 16.0. The summed E-state index contributed by atoms with van der Waals surface area (Å²) in [6.07, 6.45) is 1.99. The maximum absolute atomic E-state index is 14.2. The van der Waals surface area contributed by atoms with E-state index in [9.17, 15) is 24.3 Å². The fraction of sp³-hybridized carbons (Fsp3) is 0.655. The van der Waals surface area contributed by atoms with Crippen LogP contribution in [0.25, 0.3) is 0 Å². The normalized spacial score (nSPS) is 13.7. The molecule has 10 heteroatoms. The molecule has 0 heterocycles. The molecule has 0 bridgehead atoms. The number of nitrogens with one attached hydrogen (secondary N) is 2. The van der Waals surface area contributed by atoms with Crippen LogP contribution in [0.5, 0.6) is 5.75 Å². The molecule has 5 N–H and O–H groups in total. The Morgan fingerprint density at radius 1 is 1.08 bits per heavy atom. The van der Waals surface area contributed by atoms with Crippen LogP contribution in [0.1, 0.15) is 98.6 Å². The van der Waals surface area contributed by atoms with Crippen molar-refractivity contribution in [3.63, 3.8) is 0 Å². The molecule has 39 heavy (non-hydrogen) atoms. The molecule has 0 aromatic heterocycles. The van der Waals surface area contributed by atoms with Crippen molar-refractivity contribution in [1.29, 1.82) is 0 Å². The number of nitrogens with two attached hydrogens (primary N) is 1. The zero-order chi connectivity index (χ0) is 29.8. The van der Waals surface area contributed by atoms with E-state index in [1.807, 2.05) is 13.8 Å². The summed E-state index contributed by atoms with van der Waals surface area (Å²) in [5.41, 5.74) is 4.99. The number of unbranched alkanes of at least 4 members (excludes halogenated alkanes) is 1. The number of ether oxygens (including phenoxy) is 1. The molecular weight excluding hydrogens is 500 g/mol. The molecular formula is C29H48N4O6. The van der Waals surface area contributed by atoms with Crippen molar-refractivity contribution in [3.05, 3.63) is 29.8 Å². The number of hydrogen-bond donors (Lipinski definition) is 4. The van der Waals surface area contributed by atoms with Crippen molar-refractivity contribution in [3.8, 4) is 5.75 Å². The molecule has 0 aliphatic rings. The Labute approximate surface area is 233 Å². The van der Waals surface area contributed by atoms with Gasteiger partial charge in [0.05, 0.1) is 0 Å². The molecule has 3 atom stereocenters. The third-order valence-corrected chi connectivity index (χ3v) is 6.10. The lowest BCUT2D eigenvalue weighted by Gasteiger charge is -2.39. The van der Waals surface area contributed by atoms with Gasteiger partial charge in [0.15, 0.2) is 0 Å². The van der Waals surface area contributed by atoms with E-state index in [1.165, 1.54) is 17.0 Å². The van der Waals surface area contributed by atoms with E-state index in [-0.39, 0.29) is 18.6 Å². The first kappa shape index (κ1) is 33.7. The van der Waals surface area contributed by atoms with Crippen molar-refractivity contribution in [2.75, 3.05) is 6.54 Å². The number of alkyl carbamates (subject to hydrolysis) is 1. The Morgan fingerprint density at radius 2 is 1.74 bits per heavy atom. The Hall–Kier alpha value is -3.30. The molecule has 0 saturated carbocycles. The van der Waals surface area contributed by atoms with Crippen LogP contribution < -0.4 is 16.4 Å². The lowest BCUT2D eigenvalue weighted by molar-refractivity contribution is -0.145. The van der Waals surface area contributed by atoms with Crippen LogP contribution in [0, 0.1) is 5.92 Å². The molecule has 1 aromatic carbocycles. The van der Waals surface area contributed by atoms with Crippen LogP contribution in [0.15, 0.2) is 24.3 Å². The SMILES string of the molecule is CCCCNC(=O)C(c1cccc(O)c1)N(C(=O)C(CCC(N)=O)NC(=O)OC(C)(C)C)C(C)CCC(C)C. The highest BCUT2D eigenvalue weighted by atomic mass is 16.6. The second-order valence-corrected chi connectivity index (χ2v) is 11.4. The van der Waals surface area contributed by atoms with E-state index in [2.05, 4.69) is 24.5 Å². The van der Waals surface area contributed by atoms with Crippen LogP contribution in [-0.4, -0.2) is 58.1 Å². The van der Waals surface area contributed by atoms with Crippen molar-refractivity contribution in [1.82, 2.24) is 15.5 Å². The number of phenolic OH excluding ortho intramolecular Hbond substituents is 1. The topological polar surface area (TPSA) is 151 Å². The van der Waals surface area contributed by atoms with Crippen molar-refractivity contribution >= 4 is 23.8 Å². The molecule has 0 fully saturated rings. The van der Waals surface area contributed by atoms with Crippen LogP contribution in [-0.2, 0) is 19.1 Å². The van der Waals surface area contributed by atoms with Crippen LogP contribution >= 0.6 is 0 Å². The number of rotatable bonds is 15. The summed E-state index contributed by atoms with van der Waals surface area (Å²) in [5.74, 6) is -1.26. The Morgan fingerprint density at radius 3 is 2.28 bits per heavy atom. The summed E-state index contributed by atoms with van der Waals surface area (Å²) in [6, 6.07) is 3.57. The van der Waals surface area contributed by atoms with E-state index >= 15 is 0 Å². The molecule has 10 nitrogen and oxygen atoms in total. The summed E-state index contributed by atoms with van der Waals surface area (Å²) in [6.45, 7) is 13.5. The number of carbonyl (C=O) groups is 4. The van der Waals surface area contributed by atoms with E-state index < -0.39 is 47.5 Å². The zero-order valence-electron chi connectivity index (χ0n) is 24.6. The Bertz CT molecular complexity index is 959. The van der Waals surface area contributed by atoms with Crippen molar-refractivity contribution in [2.24, 2.45) is 11.7 Å². The highest BCUT2D eigenvalue weighted by Gasteiger charge is 2.39. The molecule has 4 amide bonds. The summed E-state index contributed by atoms with van der Waals surface area (Å²) < 4.78 is 5.37. The van der Waals surface area contributed by atoms with Gasteiger partial charge in [0.1, 0.15) is 23.4 Å². The highest BCUT2D eigenvalue weighted by Crippen LogP contribution is 2.29. The van der Waals surface area contributed by atoms with E-state index in [0.29, 0.717) is 24.4 Å². The Kier molecular flexibility index (Phi) is 13.8. The highest BCUT2D eigenvalue weighted by molar-refractivity contribution is 5.92. The monoisotopic (exact) mass is 548 g/mol. The number of hydrogen-bond acceptors (Lipinski definition) is 6. The van der Waals surface area contributed by atoms with Gasteiger partial charge in [-0.2, -0.15) is 0 Å². The number of amides is 4. The minimum Gasteiger partial charge on any atom is -0.508 e. The van der Waals surface area contributed by atoms with Gasteiger partial charge in [-0.3, -0.25) is 14.4 Å². The summed E-state index contributed by atoms with van der Waals surface area (Å²) >= 11 is 0. The molecule has 220 valence electrons. The number of nitrogens with zero attached hydrogens (tertiary/aromatic N) is 1. The molecule has 0 saturated heterocycles. The molecule has 3 unspecified atom stereocenters. The summed E-state index contributed by atoms with van der Waals surface area (Å²) in [7, 11) is 0. The minimum absolute atomic E-state index is 0.0433. The van der Waals surface area contributed by atoms with E-state index in [0.717, 1.165) is 19.3 Å². The van der Waals surface area contributed by atoms with Gasteiger partial charge >= 0.3 is 6.09 Å². The summed E-state index contributed by atoms with van der Waals surface area (Å²) in [5, 5.41) is 15.7. The number of aromatic hydroxyl groups is 1. The number of benzene rings is 1. The van der Waals surface area contributed by atoms with Gasteiger partial charge in [-0.15, -0.1) is 0 Å². The first-order chi connectivity index (χ1) is 18.2. The first-order valence-corrected chi connectivity index (χ1v) is 13.8. The fourth-order valence-corrected chi connectivity index (χ4v) is 4.10. The average molecular weight is 549 g/mol. The third kappa shape index (κ3) is 12.4. The number of carbonyl (C=O) groups excluding carboxylic acids is 4. The molecule has 0 spiro atoms. The second-order valence-electron chi connectivity index (χ2n) is 11.4. The van der Waals surface area contributed by atoms with Gasteiger partial charge in [-0.1, -0.05) is 39.3 Å². The molecule has 0 aliphatic carbocycles. The quantitative estimate of drug-likeness (QED) is 0.242. The van der Waals surface area contributed by atoms with Gasteiger partial charge in [0.25, 0.3) is 0 Å². The maximum atomic E-state index is 14.2. The lowest BCUT2D eigenvalue weighted by Crippen LogP contribution is -2.55. The Balaban J connectivity index is 3.59. The molecule has 0 radical (unpaired) electrons. The van der Waals surface area contributed by atoms with Crippen LogP contribution in [0.4, 0.5) is 4.79 Å². The van der Waals surface area contributed by atoms with Gasteiger partial charge in [0, 0.05) is 19.0 Å². The van der Waals surface area contributed by atoms with Gasteiger partial charge < -0.3 is 31.1 Å². The van der Waals surface area contributed by atoms with Gasteiger partial charge in [0.2, 0.25) is 17.7 Å². The number of phenols is 1. The number of primary amides is 1. The molecule has 1 aromatic rings. The lowest BCUT2D eigenvalue weighted by atomic mass is 9.96. The molecule has 0 aliphatic heterocycles. The fourth-order valence-electron chi connectivity index (χ4n) is 4.10. The summed E-state index contributed by atoms with van der Waals surface area (Å²) in [4.78, 5) is 53.7. The van der Waals surface area contributed by atoms with Crippen LogP contribution in [0.3, 0.4) is 0 Å². The standard InChI is InChI=1S/C29H48N4O6/c1-8-9-17-31-26(36)25(21-11-10-12-22(34)18-21)33(20(4)14-13-19(2)3)27(37)23(15-16-24(30)35)32-28(38)39-29(5,6)7/h10-12,18-20,23,25,34H,8-9,13-17H2,1-7H3,(H2,30,35)(H,31,36)(H,32,38).